The summed E-state index contributed by atoms with van der Waals surface area (Å²) >= 11 is 0. The summed E-state index contributed by atoms with van der Waals surface area (Å²) in [6.07, 6.45) is 3.98. The van der Waals surface area contributed by atoms with Crippen LogP contribution in [-0.4, -0.2) is 29.7 Å². The maximum absolute atomic E-state index is 12.4. The van der Waals surface area contributed by atoms with Crippen LogP contribution in [0.5, 0.6) is 5.75 Å². The average molecular weight is 449 g/mol. The van der Waals surface area contributed by atoms with E-state index >= 15 is 0 Å². The fourth-order valence-electron chi connectivity index (χ4n) is 3.69. The number of nitriles is 1. The number of esters is 1. The zero-order valence-electron chi connectivity index (χ0n) is 19.3. The highest BCUT2D eigenvalue weighted by Gasteiger charge is 2.26. The number of ether oxygens (including phenoxy) is 2. The molecule has 0 atom stereocenters. The van der Waals surface area contributed by atoms with Crippen LogP contribution in [0.3, 0.4) is 0 Å². The molecule has 0 radical (unpaired) electrons. The Labute approximate surface area is 194 Å². The molecule has 1 heterocycles. The second kappa shape index (κ2) is 10.6. The Kier molecular flexibility index (Phi) is 7.89. The molecule has 0 N–H and O–H groups in total. The van der Waals surface area contributed by atoms with Gasteiger partial charge >= 0.3 is 5.97 Å². The van der Waals surface area contributed by atoms with Crippen molar-refractivity contribution in [2.24, 2.45) is 0 Å². The molecule has 5 heteroatoms. The van der Waals surface area contributed by atoms with Gasteiger partial charge in [-0.05, 0) is 94.5 Å². The Morgan fingerprint density at radius 3 is 2.22 bits per heavy atom. The van der Waals surface area contributed by atoms with Gasteiger partial charge < -0.3 is 9.47 Å². The van der Waals surface area contributed by atoms with Crippen molar-refractivity contribution in [2.45, 2.75) is 57.5 Å². The zero-order valence-corrected chi connectivity index (χ0v) is 20.1. The lowest BCUT2D eigenvalue weighted by Gasteiger charge is -2.20. The summed E-state index contributed by atoms with van der Waals surface area (Å²) in [6.45, 7) is 7.42. The summed E-state index contributed by atoms with van der Waals surface area (Å²) in [4.78, 5) is 13.8. The molecule has 4 nitrogen and oxygen atoms in total. The van der Waals surface area contributed by atoms with Crippen LogP contribution in [0.15, 0.2) is 41.3 Å². The minimum absolute atomic E-state index is 0.158. The Bertz CT molecular complexity index is 1040. The molecule has 1 fully saturated rings. The minimum Gasteiger partial charge on any atom is -0.481 e. The third-order valence-corrected chi connectivity index (χ3v) is 7.74. The lowest BCUT2D eigenvalue weighted by molar-refractivity contribution is -0.154. The van der Waals surface area contributed by atoms with Gasteiger partial charge in [-0.2, -0.15) is 5.26 Å². The predicted molar refractivity (Wildman–Crippen MR) is 129 cm³/mol. The average Bonchev–Trinajstić information content (AvgIpc) is 2.77. The van der Waals surface area contributed by atoms with Gasteiger partial charge in [-0.25, -0.2) is 4.79 Å². The summed E-state index contributed by atoms with van der Waals surface area (Å²) in [5, 5.41) is 8.87. The Morgan fingerprint density at radius 1 is 1.03 bits per heavy atom. The van der Waals surface area contributed by atoms with Gasteiger partial charge in [0.15, 0.2) is 17.1 Å². The van der Waals surface area contributed by atoms with Crippen molar-refractivity contribution in [3.63, 3.8) is 0 Å². The first-order valence-electron chi connectivity index (χ1n) is 10.9. The van der Waals surface area contributed by atoms with E-state index in [9.17, 15) is 4.79 Å². The first-order chi connectivity index (χ1) is 15.3. The smallest absolute Gasteiger partial charge is 0.345 e. The highest BCUT2D eigenvalue weighted by atomic mass is 32.2. The molecule has 32 heavy (non-hydrogen) atoms. The summed E-state index contributed by atoms with van der Waals surface area (Å²) in [5.74, 6) is 8.84. The van der Waals surface area contributed by atoms with Crippen molar-refractivity contribution in [2.75, 3.05) is 18.1 Å². The summed E-state index contributed by atoms with van der Waals surface area (Å²) in [6, 6.07) is 13.5. The molecule has 0 unspecified atom stereocenters. The van der Waals surface area contributed by atoms with Gasteiger partial charge in [0.05, 0.1) is 11.6 Å². The number of aryl methyl sites for hydroxylation is 2. The van der Waals surface area contributed by atoms with Crippen LogP contribution in [0.4, 0.5) is 0 Å². The van der Waals surface area contributed by atoms with Gasteiger partial charge in [0.25, 0.3) is 0 Å². The summed E-state index contributed by atoms with van der Waals surface area (Å²) < 4.78 is 11.4. The molecule has 3 rings (SSSR count). The maximum atomic E-state index is 12.4. The van der Waals surface area contributed by atoms with Crippen LogP contribution < -0.4 is 4.74 Å². The lowest BCUT2D eigenvalue weighted by Crippen LogP contribution is -2.29. The maximum Gasteiger partial charge on any atom is 0.345 e. The van der Waals surface area contributed by atoms with Gasteiger partial charge in [-0.1, -0.05) is 11.8 Å². The van der Waals surface area contributed by atoms with Gasteiger partial charge in [-0.3, -0.25) is 0 Å². The number of hydrogen-bond donors (Lipinski definition) is 0. The van der Waals surface area contributed by atoms with E-state index in [4.69, 9.17) is 14.7 Å². The highest BCUT2D eigenvalue weighted by molar-refractivity contribution is 7.96. The van der Waals surface area contributed by atoms with Gasteiger partial charge in [-0.15, -0.1) is 0 Å². The zero-order chi connectivity index (χ0) is 23.1. The second-order valence-corrected chi connectivity index (χ2v) is 10.8. The topological polar surface area (TPSA) is 59.3 Å². The van der Waals surface area contributed by atoms with Crippen molar-refractivity contribution in [3.05, 3.63) is 58.7 Å². The predicted octanol–water partition coefficient (Wildman–Crippen LogP) is 5.09. The van der Waals surface area contributed by atoms with Crippen molar-refractivity contribution >= 4 is 16.9 Å². The van der Waals surface area contributed by atoms with E-state index in [1.165, 1.54) is 35.7 Å². The van der Waals surface area contributed by atoms with E-state index in [-0.39, 0.29) is 6.61 Å². The summed E-state index contributed by atoms with van der Waals surface area (Å²) in [5.41, 5.74) is 2.51. The molecular formula is C27H30NO3S+. The quantitative estimate of drug-likeness (QED) is 0.363. The first-order valence-corrected chi connectivity index (χ1v) is 12.5. The van der Waals surface area contributed by atoms with E-state index < -0.39 is 11.6 Å². The van der Waals surface area contributed by atoms with E-state index in [1.54, 1.807) is 38.1 Å². The number of nitrogens with zero attached hydrogens (tertiary/aromatic N) is 1. The number of carbonyl (C=O) groups is 1. The Hall–Kier alpha value is -2.89. The largest absolute Gasteiger partial charge is 0.481 e. The van der Waals surface area contributed by atoms with E-state index in [0.717, 1.165) is 22.4 Å². The van der Waals surface area contributed by atoms with Crippen LogP contribution in [0.25, 0.3) is 0 Å². The first kappa shape index (κ1) is 23.8. The Balaban J connectivity index is 1.59. The van der Waals surface area contributed by atoms with Gasteiger partial charge in [0, 0.05) is 16.5 Å². The van der Waals surface area contributed by atoms with Crippen LogP contribution in [-0.2, 0) is 20.4 Å². The van der Waals surface area contributed by atoms with Crippen LogP contribution in [0, 0.1) is 37.0 Å². The van der Waals surface area contributed by atoms with E-state index in [0.29, 0.717) is 16.5 Å². The van der Waals surface area contributed by atoms with E-state index in [1.807, 2.05) is 13.8 Å². The molecule has 2 aromatic carbocycles. The number of rotatable bonds is 5. The van der Waals surface area contributed by atoms with Crippen molar-refractivity contribution in [1.29, 1.82) is 5.26 Å². The normalized spacial score (nSPS) is 14.1. The van der Waals surface area contributed by atoms with Crippen LogP contribution >= 0.6 is 0 Å². The number of benzene rings is 2. The molecule has 0 spiro atoms. The monoisotopic (exact) mass is 448 g/mol. The molecule has 0 saturated carbocycles. The van der Waals surface area contributed by atoms with Crippen LogP contribution in [0.2, 0.25) is 0 Å². The van der Waals surface area contributed by atoms with E-state index in [2.05, 4.69) is 30.0 Å². The fourth-order valence-corrected chi connectivity index (χ4v) is 6.16. The molecule has 0 bridgehead atoms. The molecule has 2 aromatic rings. The molecule has 1 aliphatic rings. The number of hydrogen-bond acceptors (Lipinski definition) is 4. The van der Waals surface area contributed by atoms with Gasteiger partial charge in [0.2, 0.25) is 0 Å². The summed E-state index contributed by atoms with van der Waals surface area (Å²) in [7, 11) is 0.338. The third kappa shape index (κ3) is 6.55. The third-order valence-electron chi connectivity index (χ3n) is 5.27. The van der Waals surface area contributed by atoms with Crippen molar-refractivity contribution in [3.8, 4) is 23.7 Å². The highest BCUT2D eigenvalue weighted by Crippen LogP contribution is 2.30. The molecule has 166 valence electrons. The number of carbonyl (C=O) groups excluding carboxylic acids is 1. The van der Waals surface area contributed by atoms with Gasteiger partial charge in [0.1, 0.15) is 17.3 Å². The SMILES string of the molecule is Cc1cc([S+]2CCCCC2)cc(C)c1OCC(=O)OC(C)(C)C#Cc1ccc(C#N)cc1. The molecule has 0 aromatic heterocycles. The molecule has 0 amide bonds. The molecule has 1 aliphatic heterocycles. The van der Waals surface area contributed by atoms with Crippen molar-refractivity contribution < 1.29 is 14.3 Å². The minimum atomic E-state index is -0.954. The molecule has 1 saturated heterocycles. The Morgan fingerprint density at radius 2 is 1.62 bits per heavy atom. The van der Waals surface area contributed by atoms with Crippen LogP contribution in [0.1, 0.15) is 55.4 Å². The molecular weight excluding hydrogens is 418 g/mol. The fraction of sp³-hybridized carbons (Fsp3) is 0.407. The standard InChI is InChI=1S/C27H30NO3S/c1-20-16-24(32-14-6-5-7-15-32)17-21(2)26(20)30-19-25(29)31-27(3,4)13-12-22-8-10-23(18-28)11-9-22/h8-11,16-17H,5-7,14-15,19H2,1-4H3/q+1. The van der Waals surface area contributed by atoms with Crippen molar-refractivity contribution in [1.82, 2.24) is 0 Å². The molecule has 0 aliphatic carbocycles. The second-order valence-electron chi connectivity index (χ2n) is 8.56. The lowest BCUT2D eigenvalue weighted by atomic mass is 10.1.